The molecule has 1 amide bonds. The van der Waals surface area contributed by atoms with E-state index in [0.29, 0.717) is 11.6 Å². The number of morpholine rings is 1. The van der Waals surface area contributed by atoms with Crippen LogP contribution in [-0.4, -0.2) is 68.7 Å². The first-order chi connectivity index (χ1) is 14.6. The third kappa shape index (κ3) is 7.37. The van der Waals surface area contributed by atoms with Crippen molar-refractivity contribution in [1.29, 1.82) is 0 Å². The Morgan fingerprint density at radius 2 is 1.97 bits per heavy atom. The van der Waals surface area contributed by atoms with Crippen molar-refractivity contribution in [2.24, 2.45) is 4.99 Å². The van der Waals surface area contributed by atoms with Crippen LogP contribution in [0.1, 0.15) is 37.7 Å². The number of terminal acetylenes is 1. The minimum absolute atomic E-state index is 0. The maximum absolute atomic E-state index is 12.3. The van der Waals surface area contributed by atoms with E-state index in [1.165, 1.54) is 32.1 Å². The molecule has 8 heteroatoms. The molecule has 0 unspecified atom stereocenters. The fourth-order valence-corrected chi connectivity index (χ4v) is 4.38. The molecule has 1 aliphatic carbocycles. The van der Waals surface area contributed by atoms with Crippen molar-refractivity contribution in [3.8, 4) is 12.3 Å². The SMILES string of the molecule is C#Cc1cccc(NC(=O)CNC(=NC)NCC2(N3CCOCC3)CCCCC2)c1.I. The summed E-state index contributed by atoms with van der Waals surface area (Å²) in [5, 5.41) is 9.44. The molecule has 1 saturated heterocycles. The summed E-state index contributed by atoms with van der Waals surface area (Å²) < 4.78 is 5.56. The molecule has 1 aliphatic heterocycles. The summed E-state index contributed by atoms with van der Waals surface area (Å²) in [7, 11) is 1.73. The molecule has 1 saturated carbocycles. The zero-order chi connectivity index (χ0) is 21.2. The van der Waals surface area contributed by atoms with Gasteiger partial charge in [0.2, 0.25) is 5.91 Å². The number of halogens is 1. The van der Waals surface area contributed by atoms with E-state index in [4.69, 9.17) is 11.2 Å². The number of carbonyl (C=O) groups is 1. The lowest BCUT2D eigenvalue weighted by molar-refractivity contribution is -0.115. The number of anilines is 1. The van der Waals surface area contributed by atoms with Crippen molar-refractivity contribution < 1.29 is 9.53 Å². The van der Waals surface area contributed by atoms with Gasteiger partial charge in [0, 0.05) is 43.5 Å². The van der Waals surface area contributed by atoms with Gasteiger partial charge in [0.1, 0.15) is 0 Å². The first kappa shape index (κ1) is 25.4. The summed E-state index contributed by atoms with van der Waals surface area (Å²) in [6.07, 6.45) is 11.6. The van der Waals surface area contributed by atoms with Crippen molar-refractivity contribution in [1.82, 2.24) is 15.5 Å². The maximum Gasteiger partial charge on any atom is 0.243 e. The van der Waals surface area contributed by atoms with Crippen molar-refractivity contribution in [3.63, 3.8) is 0 Å². The van der Waals surface area contributed by atoms with Gasteiger partial charge in [0.15, 0.2) is 5.96 Å². The number of rotatable bonds is 6. The van der Waals surface area contributed by atoms with Gasteiger partial charge in [0.25, 0.3) is 0 Å². The lowest BCUT2D eigenvalue weighted by Gasteiger charge is -2.48. The van der Waals surface area contributed by atoms with Crippen LogP contribution >= 0.6 is 24.0 Å². The van der Waals surface area contributed by atoms with Gasteiger partial charge in [0.05, 0.1) is 19.8 Å². The van der Waals surface area contributed by atoms with Gasteiger partial charge in [-0.2, -0.15) is 0 Å². The smallest absolute Gasteiger partial charge is 0.243 e. The summed E-state index contributed by atoms with van der Waals surface area (Å²) in [4.78, 5) is 19.2. The molecule has 0 bridgehead atoms. The number of carbonyl (C=O) groups excluding carboxylic acids is 1. The van der Waals surface area contributed by atoms with E-state index in [0.717, 1.165) is 38.4 Å². The predicted octanol–water partition coefficient (Wildman–Crippen LogP) is 2.42. The molecular formula is C23H34IN5O2. The Morgan fingerprint density at radius 3 is 2.65 bits per heavy atom. The zero-order valence-corrected chi connectivity index (χ0v) is 20.6. The Hall–Kier alpha value is -1.83. The van der Waals surface area contributed by atoms with E-state index in [9.17, 15) is 4.79 Å². The first-order valence-corrected chi connectivity index (χ1v) is 10.8. The van der Waals surface area contributed by atoms with E-state index in [1.54, 1.807) is 13.1 Å². The molecule has 1 aromatic rings. The average Bonchev–Trinajstić information content (AvgIpc) is 2.80. The van der Waals surface area contributed by atoms with Gasteiger partial charge in [-0.15, -0.1) is 30.4 Å². The van der Waals surface area contributed by atoms with Gasteiger partial charge in [-0.25, -0.2) is 0 Å². The number of nitrogens with zero attached hydrogens (tertiary/aromatic N) is 2. The quantitative estimate of drug-likeness (QED) is 0.224. The Morgan fingerprint density at radius 1 is 1.23 bits per heavy atom. The second kappa shape index (κ2) is 12.9. The highest BCUT2D eigenvalue weighted by Gasteiger charge is 2.38. The molecular weight excluding hydrogens is 505 g/mol. The molecule has 3 N–H and O–H groups in total. The van der Waals surface area contributed by atoms with Crippen molar-refractivity contribution in [3.05, 3.63) is 29.8 Å². The van der Waals surface area contributed by atoms with E-state index >= 15 is 0 Å². The van der Waals surface area contributed by atoms with Gasteiger partial charge in [-0.3, -0.25) is 14.7 Å². The molecule has 2 fully saturated rings. The summed E-state index contributed by atoms with van der Waals surface area (Å²) in [5.74, 6) is 3.06. The van der Waals surface area contributed by atoms with Crippen LogP contribution in [0.3, 0.4) is 0 Å². The van der Waals surface area contributed by atoms with Crippen LogP contribution in [-0.2, 0) is 9.53 Å². The summed E-state index contributed by atoms with van der Waals surface area (Å²) in [6.45, 7) is 4.51. The van der Waals surface area contributed by atoms with Crippen LogP contribution in [0.25, 0.3) is 0 Å². The average molecular weight is 539 g/mol. The zero-order valence-electron chi connectivity index (χ0n) is 18.3. The number of benzene rings is 1. The van der Waals surface area contributed by atoms with Gasteiger partial charge in [-0.05, 0) is 31.0 Å². The Balaban J connectivity index is 0.00000341. The fourth-order valence-electron chi connectivity index (χ4n) is 4.38. The number of hydrogen-bond acceptors (Lipinski definition) is 4. The van der Waals surface area contributed by atoms with Gasteiger partial charge >= 0.3 is 0 Å². The molecule has 0 spiro atoms. The fraction of sp³-hybridized carbons (Fsp3) is 0.565. The Kier molecular flexibility index (Phi) is 10.6. The largest absolute Gasteiger partial charge is 0.379 e. The highest BCUT2D eigenvalue weighted by Crippen LogP contribution is 2.33. The number of amides is 1. The van der Waals surface area contributed by atoms with Crippen LogP contribution in [0.4, 0.5) is 5.69 Å². The van der Waals surface area contributed by atoms with Gasteiger partial charge < -0.3 is 20.7 Å². The molecule has 7 nitrogen and oxygen atoms in total. The van der Waals surface area contributed by atoms with Crippen LogP contribution < -0.4 is 16.0 Å². The Labute approximate surface area is 202 Å². The van der Waals surface area contributed by atoms with E-state index < -0.39 is 0 Å². The molecule has 0 atom stereocenters. The van der Waals surface area contributed by atoms with E-state index in [2.05, 4.69) is 31.8 Å². The van der Waals surface area contributed by atoms with Crippen LogP contribution in [0, 0.1) is 12.3 Å². The third-order valence-corrected chi connectivity index (χ3v) is 6.00. The normalized spacial score (nSPS) is 18.9. The topological polar surface area (TPSA) is 78.0 Å². The lowest BCUT2D eigenvalue weighted by Crippen LogP contribution is -2.60. The Bertz CT molecular complexity index is 780. The monoisotopic (exact) mass is 539 g/mol. The molecule has 2 aliphatic rings. The molecule has 3 rings (SSSR count). The van der Waals surface area contributed by atoms with Crippen LogP contribution in [0.5, 0.6) is 0 Å². The maximum atomic E-state index is 12.3. The summed E-state index contributed by atoms with van der Waals surface area (Å²) in [5.41, 5.74) is 1.56. The minimum atomic E-state index is -0.146. The number of guanidine groups is 1. The molecule has 31 heavy (non-hydrogen) atoms. The highest BCUT2D eigenvalue weighted by molar-refractivity contribution is 14.0. The summed E-state index contributed by atoms with van der Waals surface area (Å²) >= 11 is 0. The van der Waals surface area contributed by atoms with E-state index in [-0.39, 0.29) is 42.0 Å². The van der Waals surface area contributed by atoms with E-state index in [1.807, 2.05) is 18.2 Å². The van der Waals surface area contributed by atoms with Crippen molar-refractivity contribution >= 4 is 41.5 Å². The molecule has 1 aromatic carbocycles. The standard InChI is InChI=1S/C23H33N5O2.HI/c1-3-19-8-7-9-20(16-19)27-21(29)17-25-22(24-2)26-18-23(10-5-4-6-11-23)28-12-14-30-15-13-28;/h1,7-9,16H,4-6,10-15,17-18H2,2H3,(H,27,29)(H2,24,25,26);1H. The molecule has 1 heterocycles. The molecule has 170 valence electrons. The van der Waals surface area contributed by atoms with Gasteiger partial charge in [-0.1, -0.05) is 31.2 Å². The number of aliphatic imine (C=N–C) groups is 1. The second-order valence-corrected chi connectivity index (χ2v) is 7.94. The highest BCUT2D eigenvalue weighted by atomic mass is 127. The number of ether oxygens (including phenoxy) is 1. The number of hydrogen-bond donors (Lipinski definition) is 3. The predicted molar refractivity (Wildman–Crippen MR) is 136 cm³/mol. The second-order valence-electron chi connectivity index (χ2n) is 7.94. The summed E-state index contributed by atoms with van der Waals surface area (Å²) in [6, 6.07) is 7.25. The first-order valence-electron chi connectivity index (χ1n) is 10.8. The lowest BCUT2D eigenvalue weighted by atomic mass is 9.80. The molecule has 0 radical (unpaired) electrons. The molecule has 0 aromatic heterocycles. The number of nitrogens with one attached hydrogen (secondary N) is 3. The minimum Gasteiger partial charge on any atom is -0.379 e. The van der Waals surface area contributed by atoms with Crippen molar-refractivity contribution in [2.75, 3.05) is 51.8 Å². The van der Waals surface area contributed by atoms with Crippen LogP contribution in [0.2, 0.25) is 0 Å². The third-order valence-electron chi connectivity index (χ3n) is 6.00. The van der Waals surface area contributed by atoms with Crippen LogP contribution in [0.15, 0.2) is 29.3 Å². The van der Waals surface area contributed by atoms with Crippen molar-refractivity contribution in [2.45, 2.75) is 37.6 Å².